The molecule has 0 aliphatic heterocycles. The first-order valence-electron chi connectivity index (χ1n) is 9.59. The lowest BCUT2D eigenvalue weighted by Crippen LogP contribution is -2.15. The van der Waals surface area contributed by atoms with E-state index in [0.29, 0.717) is 33.9 Å². The second-order valence-electron chi connectivity index (χ2n) is 7.01. The zero-order chi connectivity index (χ0) is 22.7. The summed E-state index contributed by atoms with van der Waals surface area (Å²) in [5, 5.41) is 3.00. The van der Waals surface area contributed by atoms with Crippen LogP contribution in [-0.2, 0) is 22.0 Å². The van der Waals surface area contributed by atoms with E-state index in [4.69, 9.17) is 0 Å². The van der Waals surface area contributed by atoms with E-state index in [9.17, 15) is 17.8 Å². The van der Waals surface area contributed by atoms with Gasteiger partial charge in [-0.3, -0.25) is 9.00 Å². The third-order valence-corrected chi connectivity index (χ3v) is 5.40. The van der Waals surface area contributed by atoms with Crippen molar-refractivity contribution in [3.63, 3.8) is 0 Å². The summed E-state index contributed by atoms with van der Waals surface area (Å²) in [7, 11) is -1.36. The van der Waals surface area contributed by atoms with Crippen molar-refractivity contribution in [1.29, 1.82) is 0 Å². The molecule has 162 valence electrons. The molecule has 0 saturated carbocycles. The maximum atomic E-state index is 13.4. The molecule has 0 unspecified atom stereocenters. The molecular weight excluding hydrogens is 434 g/mol. The van der Waals surface area contributed by atoms with Crippen molar-refractivity contribution < 1.29 is 17.8 Å². The zero-order valence-electron chi connectivity index (χ0n) is 16.9. The molecular formula is C23H18F2N4O2S. The van der Waals surface area contributed by atoms with Crippen LogP contribution in [0.2, 0.25) is 0 Å². The molecule has 2 aromatic heterocycles. The summed E-state index contributed by atoms with van der Waals surface area (Å²) in [5.74, 6) is -0.740. The second kappa shape index (κ2) is 9.19. The van der Waals surface area contributed by atoms with Crippen molar-refractivity contribution in [2.24, 2.45) is 0 Å². The lowest BCUT2D eigenvalue weighted by molar-refractivity contribution is -0.115. The number of aromatic nitrogens is 3. The van der Waals surface area contributed by atoms with Gasteiger partial charge < -0.3 is 10.3 Å². The quantitative estimate of drug-likeness (QED) is 0.456. The number of hydrogen-bond acceptors (Lipinski definition) is 4. The van der Waals surface area contributed by atoms with Crippen LogP contribution in [0.1, 0.15) is 5.56 Å². The topological polar surface area (TPSA) is 87.7 Å². The van der Waals surface area contributed by atoms with Crippen molar-refractivity contribution >= 4 is 22.5 Å². The van der Waals surface area contributed by atoms with Gasteiger partial charge in [-0.1, -0.05) is 12.1 Å². The molecule has 0 radical (unpaired) electrons. The number of hydrogen-bond donors (Lipinski definition) is 2. The van der Waals surface area contributed by atoms with E-state index in [2.05, 4.69) is 20.3 Å². The lowest BCUT2D eigenvalue weighted by atomic mass is 10.1. The van der Waals surface area contributed by atoms with E-state index in [1.807, 2.05) is 0 Å². The molecule has 2 heterocycles. The number of imidazole rings is 1. The number of aromatic amines is 1. The van der Waals surface area contributed by atoms with Gasteiger partial charge in [0, 0.05) is 23.6 Å². The normalized spacial score (nSPS) is 11.8. The van der Waals surface area contributed by atoms with Crippen LogP contribution in [0.5, 0.6) is 0 Å². The first-order chi connectivity index (χ1) is 15.4. The largest absolute Gasteiger partial charge is 0.330 e. The van der Waals surface area contributed by atoms with Gasteiger partial charge in [0.1, 0.15) is 17.5 Å². The van der Waals surface area contributed by atoms with Crippen LogP contribution in [0, 0.1) is 11.6 Å². The number of rotatable bonds is 6. The summed E-state index contributed by atoms with van der Waals surface area (Å²) in [6, 6.07) is 14.9. The minimum Gasteiger partial charge on any atom is -0.330 e. The van der Waals surface area contributed by atoms with E-state index in [0.717, 1.165) is 0 Å². The maximum absolute atomic E-state index is 13.4. The van der Waals surface area contributed by atoms with Gasteiger partial charge in [0.15, 0.2) is 5.16 Å². The molecule has 1 amide bonds. The molecule has 6 nitrogen and oxygen atoms in total. The molecule has 32 heavy (non-hydrogen) atoms. The van der Waals surface area contributed by atoms with Gasteiger partial charge in [-0.05, 0) is 54.1 Å². The SMILES string of the molecule is C[S@@](=O)c1nc(-c2ccnc(NC(=O)Cc3ccc(F)cc3)c2)c(-c2ccc(F)cc2)[nH]1. The fraction of sp³-hybridized carbons (Fsp3) is 0.0870. The molecule has 2 aromatic carbocycles. The number of pyridine rings is 1. The smallest absolute Gasteiger partial charge is 0.229 e. The highest BCUT2D eigenvalue weighted by atomic mass is 32.2. The fourth-order valence-electron chi connectivity index (χ4n) is 3.14. The van der Waals surface area contributed by atoms with E-state index in [1.165, 1.54) is 36.7 Å². The Kier molecular flexibility index (Phi) is 6.18. The second-order valence-corrected chi connectivity index (χ2v) is 8.30. The molecule has 0 aliphatic rings. The van der Waals surface area contributed by atoms with Gasteiger partial charge in [0.25, 0.3) is 0 Å². The monoisotopic (exact) mass is 452 g/mol. The van der Waals surface area contributed by atoms with Gasteiger partial charge in [-0.2, -0.15) is 0 Å². The Balaban J connectivity index is 1.62. The Labute approximate surface area is 185 Å². The van der Waals surface area contributed by atoms with E-state index >= 15 is 0 Å². The maximum Gasteiger partial charge on any atom is 0.229 e. The average Bonchev–Trinajstić information content (AvgIpc) is 3.22. The molecule has 0 fully saturated rings. The minimum absolute atomic E-state index is 0.0639. The Bertz CT molecular complexity index is 1290. The molecule has 4 aromatic rings. The van der Waals surface area contributed by atoms with Crippen molar-refractivity contribution in [3.05, 3.63) is 84.1 Å². The van der Waals surface area contributed by atoms with E-state index in [-0.39, 0.29) is 29.1 Å². The first kappa shape index (κ1) is 21.5. The van der Waals surface area contributed by atoms with Crippen LogP contribution in [0.4, 0.5) is 14.6 Å². The standard InChI is InChI=1S/C23H18F2N4O2S/c1-32(31)23-28-21(15-4-8-18(25)9-5-15)22(29-23)16-10-11-26-19(13-16)27-20(30)12-14-2-6-17(24)7-3-14/h2-11,13H,12H2,1H3,(H,28,29)(H,26,27,30)/t32-/m1/s1. The van der Waals surface area contributed by atoms with Crippen LogP contribution in [0.3, 0.4) is 0 Å². The first-order valence-corrected chi connectivity index (χ1v) is 11.1. The van der Waals surface area contributed by atoms with Crippen LogP contribution < -0.4 is 5.32 Å². The summed E-state index contributed by atoms with van der Waals surface area (Å²) in [6.45, 7) is 0. The van der Waals surface area contributed by atoms with Gasteiger partial charge in [0.2, 0.25) is 5.91 Å². The summed E-state index contributed by atoms with van der Waals surface area (Å²) >= 11 is 0. The van der Waals surface area contributed by atoms with Gasteiger partial charge in [-0.25, -0.2) is 18.7 Å². The summed E-state index contributed by atoms with van der Waals surface area (Å²) in [4.78, 5) is 24.1. The predicted octanol–water partition coefficient (Wildman–Crippen LogP) is 4.34. The zero-order valence-corrected chi connectivity index (χ0v) is 17.7. The van der Waals surface area contributed by atoms with Crippen molar-refractivity contribution in [2.75, 3.05) is 11.6 Å². The van der Waals surface area contributed by atoms with Crippen molar-refractivity contribution in [1.82, 2.24) is 15.0 Å². The van der Waals surface area contributed by atoms with Crippen LogP contribution in [0.15, 0.2) is 72.0 Å². The molecule has 0 spiro atoms. The van der Waals surface area contributed by atoms with Crippen molar-refractivity contribution in [3.8, 4) is 22.5 Å². The number of amides is 1. The molecule has 9 heteroatoms. The number of anilines is 1. The molecule has 2 N–H and O–H groups in total. The van der Waals surface area contributed by atoms with Crippen molar-refractivity contribution in [2.45, 2.75) is 11.6 Å². The number of halogens is 2. The molecule has 0 saturated heterocycles. The molecule has 0 bridgehead atoms. The lowest BCUT2D eigenvalue weighted by Gasteiger charge is -2.07. The highest BCUT2D eigenvalue weighted by Crippen LogP contribution is 2.31. The van der Waals surface area contributed by atoms with E-state index < -0.39 is 10.8 Å². The third kappa shape index (κ3) is 4.94. The molecule has 4 rings (SSSR count). The Morgan fingerprint density at radius 3 is 2.31 bits per heavy atom. The number of benzene rings is 2. The van der Waals surface area contributed by atoms with Crippen LogP contribution >= 0.6 is 0 Å². The average molecular weight is 452 g/mol. The highest BCUT2D eigenvalue weighted by molar-refractivity contribution is 7.84. The van der Waals surface area contributed by atoms with E-state index in [1.54, 1.807) is 36.4 Å². The number of H-pyrrole nitrogens is 1. The minimum atomic E-state index is -1.36. The van der Waals surface area contributed by atoms with Crippen LogP contribution in [0.25, 0.3) is 22.5 Å². The predicted molar refractivity (Wildman–Crippen MR) is 118 cm³/mol. The Hall–Kier alpha value is -3.72. The fourth-order valence-corrected chi connectivity index (χ4v) is 3.61. The summed E-state index contributed by atoms with van der Waals surface area (Å²) in [6.07, 6.45) is 3.09. The number of carbonyl (C=O) groups excluding carboxylic acids is 1. The van der Waals surface area contributed by atoms with Gasteiger partial charge >= 0.3 is 0 Å². The summed E-state index contributed by atoms with van der Waals surface area (Å²) in [5.41, 5.74) is 3.04. The van der Waals surface area contributed by atoms with Gasteiger partial charge in [-0.15, -0.1) is 0 Å². The number of nitrogens with one attached hydrogen (secondary N) is 2. The van der Waals surface area contributed by atoms with Gasteiger partial charge in [0.05, 0.1) is 28.6 Å². The summed E-state index contributed by atoms with van der Waals surface area (Å²) < 4.78 is 38.4. The molecule has 0 aliphatic carbocycles. The number of nitrogens with zero attached hydrogens (tertiary/aromatic N) is 2. The Morgan fingerprint density at radius 1 is 1.00 bits per heavy atom. The Morgan fingerprint density at radius 2 is 1.66 bits per heavy atom. The highest BCUT2D eigenvalue weighted by Gasteiger charge is 2.17. The third-order valence-electron chi connectivity index (χ3n) is 4.67. The number of carbonyl (C=O) groups is 1. The molecule has 1 atom stereocenters. The van der Waals surface area contributed by atoms with Crippen LogP contribution in [-0.4, -0.2) is 31.3 Å².